The van der Waals surface area contributed by atoms with Gasteiger partial charge < -0.3 is 10.4 Å². The van der Waals surface area contributed by atoms with Crippen molar-refractivity contribution >= 4 is 35.3 Å². The summed E-state index contributed by atoms with van der Waals surface area (Å²) in [7, 11) is 0. The number of likely N-dealkylation sites (tertiary alicyclic amines) is 1. The van der Waals surface area contributed by atoms with Gasteiger partial charge in [-0.3, -0.25) is 19.2 Å². The van der Waals surface area contributed by atoms with E-state index in [1.807, 2.05) is 30.1 Å². The molecule has 1 aliphatic rings. The fourth-order valence-electron chi connectivity index (χ4n) is 3.16. The smallest absolute Gasteiger partial charge is 0.290 e. The molecule has 0 aromatic carbocycles. The Morgan fingerprint density at radius 3 is 2.71 bits per heavy atom. The molecular weight excluding hydrogens is 400 g/mol. The second kappa shape index (κ2) is 11.8. The summed E-state index contributed by atoms with van der Waals surface area (Å²) in [5.74, 6) is 0.697. The monoisotopic (exact) mass is 426 g/mol. The first-order chi connectivity index (χ1) is 13.5. The van der Waals surface area contributed by atoms with Gasteiger partial charge in [0, 0.05) is 37.1 Å². The lowest BCUT2D eigenvalue weighted by Crippen LogP contribution is -2.38. The molecule has 0 spiro atoms. The van der Waals surface area contributed by atoms with Crippen molar-refractivity contribution in [2.24, 2.45) is 5.92 Å². The number of nitrogens with zero attached hydrogens (tertiary/aromatic N) is 3. The van der Waals surface area contributed by atoms with Gasteiger partial charge in [-0.05, 0) is 56.5 Å². The number of aromatic nitrogens is 2. The molecule has 1 aliphatic heterocycles. The van der Waals surface area contributed by atoms with Gasteiger partial charge in [0.05, 0.1) is 10.5 Å². The van der Waals surface area contributed by atoms with Crippen molar-refractivity contribution in [2.75, 3.05) is 19.6 Å². The summed E-state index contributed by atoms with van der Waals surface area (Å²) in [6.45, 7) is 6.34. The first kappa shape index (κ1) is 22.4. The molecule has 2 N–H and O–H groups in total. The van der Waals surface area contributed by atoms with Gasteiger partial charge in [-0.1, -0.05) is 11.6 Å². The van der Waals surface area contributed by atoms with Gasteiger partial charge in [-0.25, -0.2) is 0 Å². The van der Waals surface area contributed by atoms with E-state index in [9.17, 15) is 4.79 Å². The van der Waals surface area contributed by atoms with Crippen LogP contribution in [-0.2, 0) is 22.7 Å². The lowest BCUT2D eigenvalue weighted by atomic mass is 9.96. The van der Waals surface area contributed by atoms with Crippen molar-refractivity contribution < 1.29 is 14.7 Å². The molecule has 2 aromatic rings. The van der Waals surface area contributed by atoms with Gasteiger partial charge in [0.25, 0.3) is 6.47 Å². The predicted octanol–water partition coefficient (Wildman–Crippen LogP) is 3.03. The standard InChI is InChI=1S/C18H25ClN4OS.CH2O2/c1-14-10-21-23(12-14)9-6-18(24)20-11-15-4-7-22(8-5-15)13-16-2-3-17(19)25-16;2-1-3/h2-3,10,12,15H,4-9,11,13H2,1H3,(H,20,24);1H,(H,2,3). The quantitative estimate of drug-likeness (QED) is 0.664. The molecule has 1 fully saturated rings. The minimum absolute atomic E-state index is 0.115. The third kappa shape index (κ3) is 8.00. The van der Waals surface area contributed by atoms with Crippen LogP contribution in [0.1, 0.15) is 29.7 Å². The molecule has 0 unspecified atom stereocenters. The summed E-state index contributed by atoms with van der Waals surface area (Å²) in [6.07, 6.45) is 6.54. The molecule has 1 amide bonds. The van der Waals surface area contributed by atoms with Crippen LogP contribution in [0.15, 0.2) is 24.5 Å². The Labute approximate surface area is 174 Å². The van der Waals surface area contributed by atoms with Gasteiger partial charge >= 0.3 is 0 Å². The average molecular weight is 427 g/mol. The van der Waals surface area contributed by atoms with Crippen LogP contribution >= 0.6 is 22.9 Å². The topological polar surface area (TPSA) is 87.5 Å². The zero-order chi connectivity index (χ0) is 20.4. The van der Waals surface area contributed by atoms with Gasteiger partial charge in [0.2, 0.25) is 5.91 Å². The molecular formula is C19H27ClN4O3S. The molecule has 3 rings (SSSR count). The van der Waals surface area contributed by atoms with Gasteiger partial charge in [-0.2, -0.15) is 5.10 Å². The van der Waals surface area contributed by atoms with E-state index >= 15 is 0 Å². The van der Waals surface area contributed by atoms with E-state index in [0.29, 0.717) is 18.9 Å². The maximum absolute atomic E-state index is 12.0. The highest BCUT2D eigenvalue weighted by Crippen LogP contribution is 2.25. The van der Waals surface area contributed by atoms with Crippen molar-refractivity contribution in [1.82, 2.24) is 20.0 Å². The molecule has 0 bridgehead atoms. The van der Waals surface area contributed by atoms with E-state index in [1.54, 1.807) is 11.3 Å². The zero-order valence-electron chi connectivity index (χ0n) is 16.0. The molecule has 0 radical (unpaired) electrons. The first-order valence-corrected chi connectivity index (χ1v) is 10.5. The van der Waals surface area contributed by atoms with Crippen molar-refractivity contribution in [1.29, 1.82) is 0 Å². The van der Waals surface area contributed by atoms with Crippen molar-refractivity contribution in [3.8, 4) is 0 Å². The molecule has 3 heterocycles. The molecule has 0 atom stereocenters. The van der Waals surface area contributed by atoms with Crippen molar-refractivity contribution in [3.05, 3.63) is 39.3 Å². The summed E-state index contributed by atoms with van der Waals surface area (Å²) in [6, 6.07) is 4.08. The normalized spacial score (nSPS) is 14.9. The first-order valence-electron chi connectivity index (χ1n) is 9.30. The third-order valence-electron chi connectivity index (χ3n) is 4.63. The number of piperidine rings is 1. The number of hydrogen-bond acceptors (Lipinski definition) is 5. The number of halogens is 1. The maximum atomic E-state index is 12.0. The molecule has 0 aliphatic carbocycles. The van der Waals surface area contributed by atoms with Gasteiger partial charge in [0.15, 0.2) is 0 Å². The van der Waals surface area contributed by atoms with E-state index < -0.39 is 0 Å². The van der Waals surface area contributed by atoms with Crippen molar-refractivity contribution in [2.45, 2.75) is 39.3 Å². The number of thiophene rings is 1. The van der Waals surface area contributed by atoms with E-state index in [2.05, 4.69) is 21.4 Å². The summed E-state index contributed by atoms with van der Waals surface area (Å²) >= 11 is 7.65. The van der Waals surface area contributed by atoms with Crippen LogP contribution in [0.3, 0.4) is 0 Å². The zero-order valence-corrected chi connectivity index (χ0v) is 17.6. The van der Waals surface area contributed by atoms with E-state index in [-0.39, 0.29) is 12.4 Å². The predicted molar refractivity (Wildman–Crippen MR) is 111 cm³/mol. The van der Waals surface area contributed by atoms with Crippen LogP contribution in [0.25, 0.3) is 0 Å². The molecule has 7 nitrogen and oxygen atoms in total. The number of aryl methyl sites for hydroxylation is 2. The second-order valence-corrected chi connectivity index (χ2v) is 8.67. The van der Waals surface area contributed by atoms with Gasteiger partial charge in [0.1, 0.15) is 0 Å². The Bertz CT molecular complexity index is 741. The number of carboxylic acid groups (broad SMARTS) is 1. The minimum atomic E-state index is -0.250. The number of rotatable bonds is 7. The summed E-state index contributed by atoms with van der Waals surface area (Å²) in [5, 5.41) is 14.2. The van der Waals surface area contributed by atoms with Crippen LogP contribution in [0.4, 0.5) is 0 Å². The highest BCUT2D eigenvalue weighted by Gasteiger charge is 2.20. The largest absolute Gasteiger partial charge is 0.483 e. The van der Waals surface area contributed by atoms with Crippen LogP contribution in [-0.4, -0.2) is 51.8 Å². The Morgan fingerprint density at radius 2 is 2.14 bits per heavy atom. The number of hydrogen-bond donors (Lipinski definition) is 2. The fourth-order valence-corrected chi connectivity index (χ4v) is 4.29. The van der Waals surface area contributed by atoms with Crippen molar-refractivity contribution in [3.63, 3.8) is 0 Å². The summed E-state index contributed by atoms with van der Waals surface area (Å²) in [5.41, 5.74) is 1.12. The molecule has 9 heteroatoms. The third-order valence-corrected chi connectivity index (χ3v) is 5.85. The molecule has 1 saturated heterocycles. The summed E-state index contributed by atoms with van der Waals surface area (Å²) < 4.78 is 2.68. The lowest BCUT2D eigenvalue weighted by Gasteiger charge is -2.31. The molecule has 0 saturated carbocycles. The molecule has 2 aromatic heterocycles. The van der Waals surface area contributed by atoms with E-state index in [4.69, 9.17) is 21.5 Å². The Balaban J connectivity index is 0.000000878. The Morgan fingerprint density at radius 1 is 1.43 bits per heavy atom. The van der Waals surface area contributed by atoms with Crippen LogP contribution in [0.2, 0.25) is 4.34 Å². The number of carbonyl (C=O) groups is 2. The second-order valence-electron chi connectivity index (χ2n) is 6.87. The number of carbonyl (C=O) groups excluding carboxylic acids is 1. The van der Waals surface area contributed by atoms with Crippen LogP contribution < -0.4 is 5.32 Å². The van der Waals surface area contributed by atoms with E-state index in [1.165, 1.54) is 4.88 Å². The van der Waals surface area contributed by atoms with Crippen LogP contribution in [0.5, 0.6) is 0 Å². The highest BCUT2D eigenvalue weighted by molar-refractivity contribution is 7.16. The SMILES string of the molecule is Cc1cnn(CCC(=O)NCC2CCN(Cc3ccc(Cl)s3)CC2)c1.O=CO. The minimum Gasteiger partial charge on any atom is -0.483 e. The summed E-state index contributed by atoms with van der Waals surface area (Å²) in [4.78, 5) is 24.2. The highest BCUT2D eigenvalue weighted by atomic mass is 35.5. The molecule has 28 heavy (non-hydrogen) atoms. The fraction of sp³-hybridized carbons (Fsp3) is 0.526. The number of amides is 1. The number of nitrogens with one attached hydrogen (secondary N) is 1. The average Bonchev–Trinajstić information content (AvgIpc) is 3.28. The Hall–Kier alpha value is -1.90. The maximum Gasteiger partial charge on any atom is 0.290 e. The Kier molecular flexibility index (Phi) is 9.46. The van der Waals surface area contributed by atoms with E-state index in [0.717, 1.165) is 48.9 Å². The van der Waals surface area contributed by atoms with Crippen LogP contribution in [0, 0.1) is 12.8 Å². The lowest BCUT2D eigenvalue weighted by molar-refractivity contribution is -0.123. The molecule has 154 valence electrons. The van der Waals surface area contributed by atoms with Gasteiger partial charge in [-0.15, -0.1) is 11.3 Å².